The summed E-state index contributed by atoms with van der Waals surface area (Å²) in [5, 5.41) is 1.73. The molecular formula is C16H20ClN3O2S. The van der Waals surface area contributed by atoms with Gasteiger partial charge >= 0.3 is 0 Å². The molecule has 2 heterocycles. The standard InChI is InChI=1S/C16H20ClN3O2S/c1-23(21,22)19-10-12-3-2-8-20(11-12)16-6-7-18-15-5-4-13(17)9-14(15)16/h4-7,9,12,19H,2-3,8,10-11H2,1H3. The molecule has 0 bridgehead atoms. The van der Waals surface area contributed by atoms with Crippen molar-refractivity contribution in [2.24, 2.45) is 5.92 Å². The van der Waals surface area contributed by atoms with Gasteiger partial charge in [0.2, 0.25) is 10.0 Å². The fourth-order valence-corrected chi connectivity index (χ4v) is 3.81. The second-order valence-electron chi connectivity index (χ2n) is 6.07. The van der Waals surface area contributed by atoms with Crippen molar-refractivity contribution in [1.82, 2.24) is 9.71 Å². The van der Waals surface area contributed by atoms with Crippen molar-refractivity contribution < 1.29 is 8.42 Å². The van der Waals surface area contributed by atoms with E-state index in [1.807, 2.05) is 30.5 Å². The molecule has 1 aromatic heterocycles. The molecule has 1 aliphatic rings. The number of pyridine rings is 1. The van der Waals surface area contributed by atoms with Crippen LogP contribution in [0.2, 0.25) is 5.02 Å². The highest BCUT2D eigenvalue weighted by molar-refractivity contribution is 7.88. The molecule has 1 fully saturated rings. The molecule has 0 saturated carbocycles. The quantitative estimate of drug-likeness (QED) is 0.917. The van der Waals surface area contributed by atoms with Crippen LogP contribution < -0.4 is 9.62 Å². The molecule has 1 aromatic carbocycles. The Bertz CT molecular complexity index is 810. The van der Waals surface area contributed by atoms with Crippen LogP contribution in [0.5, 0.6) is 0 Å². The molecule has 7 heteroatoms. The van der Waals surface area contributed by atoms with Crippen molar-refractivity contribution in [3.8, 4) is 0 Å². The first-order chi connectivity index (χ1) is 10.9. The van der Waals surface area contributed by atoms with Gasteiger partial charge in [0, 0.05) is 41.9 Å². The lowest BCUT2D eigenvalue weighted by atomic mass is 9.97. The molecule has 0 radical (unpaired) electrons. The van der Waals surface area contributed by atoms with E-state index in [1.165, 1.54) is 6.26 Å². The third-order valence-corrected chi connectivity index (χ3v) is 5.10. The number of rotatable bonds is 4. The monoisotopic (exact) mass is 353 g/mol. The van der Waals surface area contributed by atoms with Crippen LogP contribution >= 0.6 is 11.6 Å². The summed E-state index contributed by atoms with van der Waals surface area (Å²) in [5.74, 6) is 0.306. The summed E-state index contributed by atoms with van der Waals surface area (Å²) in [4.78, 5) is 6.69. The number of fused-ring (bicyclic) bond motifs is 1. The highest BCUT2D eigenvalue weighted by Gasteiger charge is 2.22. The van der Waals surface area contributed by atoms with Gasteiger partial charge in [-0.2, -0.15) is 0 Å². The SMILES string of the molecule is CS(=O)(=O)NCC1CCCN(c2ccnc3ccc(Cl)cc23)C1. The molecule has 1 saturated heterocycles. The predicted octanol–water partition coefficient (Wildman–Crippen LogP) is 2.65. The van der Waals surface area contributed by atoms with E-state index >= 15 is 0 Å². The maximum Gasteiger partial charge on any atom is 0.208 e. The number of nitrogens with zero attached hydrogens (tertiary/aromatic N) is 2. The predicted molar refractivity (Wildman–Crippen MR) is 94.5 cm³/mol. The maximum absolute atomic E-state index is 11.3. The van der Waals surface area contributed by atoms with Crippen molar-refractivity contribution in [2.75, 3.05) is 30.8 Å². The van der Waals surface area contributed by atoms with E-state index in [4.69, 9.17) is 11.6 Å². The Kier molecular flexibility index (Phi) is 4.75. The molecule has 0 aliphatic carbocycles. The van der Waals surface area contributed by atoms with Gasteiger partial charge in [-0.15, -0.1) is 0 Å². The Hall–Kier alpha value is -1.37. The Labute approximate surface area is 141 Å². The average Bonchev–Trinajstić information content (AvgIpc) is 2.52. The minimum Gasteiger partial charge on any atom is -0.371 e. The minimum atomic E-state index is -3.14. The zero-order valence-electron chi connectivity index (χ0n) is 13.0. The van der Waals surface area contributed by atoms with Crippen molar-refractivity contribution in [3.05, 3.63) is 35.5 Å². The van der Waals surface area contributed by atoms with E-state index in [0.29, 0.717) is 17.5 Å². The molecule has 0 spiro atoms. The van der Waals surface area contributed by atoms with E-state index in [-0.39, 0.29) is 0 Å². The number of hydrogen-bond acceptors (Lipinski definition) is 4. The Morgan fingerprint density at radius 3 is 3.00 bits per heavy atom. The fourth-order valence-electron chi connectivity index (χ4n) is 3.10. The number of halogens is 1. The van der Waals surface area contributed by atoms with Crippen LogP contribution in [0.15, 0.2) is 30.5 Å². The zero-order valence-corrected chi connectivity index (χ0v) is 14.6. The number of aromatic nitrogens is 1. The van der Waals surface area contributed by atoms with Gasteiger partial charge in [-0.25, -0.2) is 13.1 Å². The van der Waals surface area contributed by atoms with Crippen LogP contribution in [-0.2, 0) is 10.0 Å². The second-order valence-corrected chi connectivity index (χ2v) is 8.34. The topological polar surface area (TPSA) is 62.3 Å². The fraction of sp³-hybridized carbons (Fsp3) is 0.438. The lowest BCUT2D eigenvalue weighted by Gasteiger charge is -2.35. The summed E-state index contributed by atoms with van der Waals surface area (Å²) < 4.78 is 25.2. The molecule has 0 amide bonds. The van der Waals surface area contributed by atoms with E-state index in [2.05, 4.69) is 14.6 Å². The maximum atomic E-state index is 11.3. The first kappa shape index (κ1) is 16.5. The van der Waals surface area contributed by atoms with Crippen LogP contribution in [0.3, 0.4) is 0 Å². The Balaban J connectivity index is 1.82. The third-order valence-electron chi connectivity index (χ3n) is 4.17. The van der Waals surface area contributed by atoms with Crippen LogP contribution in [-0.4, -0.2) is 39.3 Å². The molecule has 1 unspecified atom stereocenters. The molecular weight excluding hydrogens is 334 g/mol. The van der Waals surface area contributed by atoms with Crippen LogP contribution in [0.25, 0.3) is 10.9 Å². The molecule has 23 heavy (non-hydrogen) atoms. The first-order valence-electron chi connectivity index (χ1n) is 7.66. The molecule has 124 valence electrons. The highest BCUT2D eigenvalue weighted by Crippen LogP contribution is 2.30. The summed E-state index contributed by atoms with van der Waals surface area (Å²) in [5.41, 5.74) is 2.03. The number of anilines is 1. The van der Waals surface area contributed by atoms with Crippen molar-refractivity contribution in [1.29, 1.82) is 0 Å². The number of benzene rings is 1. The smallest absolute Gasteiger partial charge is 0.208 e. The normalized spacial score (nSPS) is 19.2. The second kappa shape index (κ2) is 6.63. The minimum absolute atomic E-state index is 0.306. The van der Waals surface area contributed by atoms with E-state index in [0.717, 1.165) is 42.5 Å². The Morgan fingerprint density at radius 1 is 1.39 bits per heavy atom. The largest absolute Gasteiger partial charge is 0.371 e. The molecule has 1 atom stereocenters. The van der Waals surface area contributed by atoms with Gasteiger partial charge in [-0.05, 0) is 43.0 Å². The number of nitrogens with one attached hydrogen (secondary N) is 1. The Morgan fingerprint density at radius 2 is 2.22 bits per heavy atom. The third kappa shape index (κ3) is 4.13. The molecule has 3 rings (SSSR count). The molecule has 1 aliphatic heterocycles. The molecule has 2 aromatic rings. The van der Waals surface area contributed by atoms with Crippen molar-refractivity contribution in [3.63, 3.8) is 0 Å². The van der Waals surface area contributed by atoms with Crippen molar-refractivity contribution in [2.45, 2.75) is 12.8 Å². The van der Waals surface area contributed by atoms with Gasteiger partial charge in [0.25, 0.3) is 0 Å². The number of hydrogen-bond donors (Lipinski definition) is 1. The van der Waals surface area contributed by atoms with Gasteiger partial charge in [0.05, 0.1) is 11.8 Å². The summed E-state index contributed by atoms with van der Waals surface area (Å²) in [6.07, 6.45) is 5.08. The summed E-state index contributed by atoms with van der Waals surface area (Å²) in [6.45, 7) is 2.27. The van der Waals surface area contributed by atoms with E-state index < -0.39 is 10.0 Å². The highest BCUT2D eigenvalue weighted by atomic mass is 35.5. The van der Waals surface area contributed by atoms with Crippen LogP contribution in [0, 0.1) is 5.92 Å². The number of piperidine rings is 1. The summed E-state index contributed by atoms with van der Waals surface area (Å²) in [7, 11) is -3.14. The molecule has 5 nitrogen and oxygen atoms in total. The molecule has 1 N–H and O–H groups in total. The van der Waals surface area contributed by atoms with E-state index in [1.54, 1.807) is 0 Å². The van der Waals surface area contributed by atoms with E-state index in [9.17, 15) is 8.42 Å². The van der Waals surface area contributed by atoms with Gasteiger partial charge in [-0.3, -0.25) is 4.98 Å². The summed E-state index contributed by atoms with van der Waals surface area (Å²) in [6, 6.07) is 7.71. The van der Waals surface area contributed by atoms with Crippen LogP contribution in [0.4, 0.5) is 5.69 Å². The van der Waals surface area contributed by atoms with Crippen LogP contribution in [0.1, 0.15) is 12.8 Å². The lowest BCUT2D eigenvalue weighted by molar-refractivity contribution is 0.412. The lowest BCUT2D eigenvalue weighted by Crippen LogP contribution is -2.40. The van der Waals surface area contributed by atoms with Gasteiger partial charge < -0.3 is 4.90 Å². The van der Waals surface area contributed by atoms with Gasteiger partial charge in [0.1, 0.15) is 0 Å². The zero-order chi connectivity index (χ0) is 16.4. The van der Waals surface area contributed by atoms with Gasteiger partial charge in [-0.1, -0.05) is 11.6 Å². The van der Waals surface area contributed by atoms with Gasteiger partial charge in [0.15, 0.2) is 0 Å². The van der Waals surface area contributed by atoms with Crippen molar-refractivity contribution >= 4 is 38.2 Å². The number of sulfonamides is 1. The summed E-state index contributed by atoms with van der Waals surface area (Å²) >= 11 is 6.14. The first-order valence-corrected chi connectivity index (χ1v) is 9.93. The average molecular weight is 354 g/mol.